The van der Waals surface area contributed by atoms with E-state index in [1.54, 1.807) is 0 Å². The Hall–Kier alpha value is -1.85. The van der Waals surface area contributed by atoms with Gasteiger partial charge in [0.05, 0.1) is 12.9 Å². The molecule has 0 N–H and O–H groups in total. The number of aryl methyl sites for hydroxylation is 1. The van der Waals surface area contributed by atoms with Gasteiger partial charge in [-0.3, -0.25) is 4.18 Å². The Morgan fingerprint density at radius 1 is 0.909 bits per heavy atom. The van der Waals surface area contributed by atoms with Gasteiger partial charge < -0.3 is 4.74 Å². The molecule has 0 bridgehead atoms. The van der Waals surface area contributed by atoms with Crippen molar-refractivity contribution in [2.24, 2.45) is 0 Å². The minimum absolute atomic E-state index is 0.213. The van der Waals surface area contributed by atoms with Crippen LogP contribution in [0.5, 0.6) is 5.75 Å². The van der Waals surface area contributed by atoms with Crippen molar-refractivity contribution in [2.75, 3.05) is 12.9 Å². The molecule has 0 aliphatic rings. The number of benzene rings is 2. The normalized spacial score (nSPS) is 11.3. The van der Waals surface area contributed by atoms with Gasteiger partial charge in [-0.25, -0.2) is 0 Å². The van der Waals surface area contributed by atoms with Gasteiger partial charge in [0, 0.05) is 0 Å². The second-order valence-electron chi connectivity index (χ2n) is 5.05. The predicted molar refractivity (Wildman–Crippen MR) is 86.3 cm³/mol. The van der Waals surface area contributed by atoms with E-state index in [9.17, 15) is 8.42 Å². The second-order valence-corrected chi connectivity index (χ2v) is 6.69. The summed E-state index contributed by atoms with van der Waals surface area (Å²) in [5.41, 5.74) is 2.26. The number of ether oxygens (including phenoxy) is 1. The molecule has 0 unspecified atom stereocenters. The molecule has 0 amide bonds. The molecular formula is C17H20O4S. The highest BCUT2D eigenvalue weighted by molar-refractivity contribution is 7.85. The third kappa shape index (κ3) is 6.28. The van der Waals surface area contributed by atoms with E-state index in [0.717, 1.165) is 29.6 Å². The van der Waals surface area contributed by atoms with Crippen molar-refractivity contribution in [3.8, 4) is 5.75 Å². The molecule has 0 saturated carbocycles. The molecule has 5 heteroatoms. The Morgan fingerprint density at radius 2 is 1.59 bits per heavy atom. The first kappa shape index (κ1) is 16.5. The number of hydrogen-bond donors (Lipinski definition) is 0. The fourth-order valence-electron chi connectivity index (χ4n) is 1.98. The van der Waals surface area contributed by atoms with Crippen molar-refractivity contribution in [1.29, 1.82) is 0 Å². The third-order valence-corrected chi connectivity index (χ3v) is 3.67. The summed E-state index contributed by atoms with van der Waals surface area (Å²) in [6.45, 7) is 0.757. The zero-order valence-corrected chi connectivity index (χ0v) is 13.4. The van der Waals surface area contributed by atoms with Crippen LogP contribution in [0.2, 0.25) is 0 Å². The molecule has 4 nitrogen and oxygen atoms in total. The summed E-state index contributed by atoms with van der Waals surface area (Å²) in [7, 11) is -3.34. The van der Waals surface area contributed by atoms with Gasteiger partial charge in [0.2, 0.25) is 0 Å². The van der Waals surface area contributed by atoms with Crippen molar-refractivity contribution in [1.82, 2.24) is 0 Å². The number of hydrogen-bond acceptors (Lipinski definition) is 4. The smallest absolute Gasteiger partial charge is 0.264 e. The average Bonchev–Trinajstić information content (AvgIpc) is 2.51. The molecule has 0 aliphatic carbocycles. The molecule has 2 aromatic rings. The van der Waals surface area contributed by atoms with E-state index in [1.807, 2.05) is 54.6 Å². The highest BCUT2D eigenvalue weighted by Crippen LogP contribution is 2.15. The minimum atomic E-state index is -3.34. The van der Waals surface area contributed by atoms with Crippen LogP contribution in [-0.4, -0.2) is 21.3 Å². The highest BCUT2D eigenvalue weighted by Gasteiger charge is 2.02. The quantitative estimate of drug-likeness (QED) is 0.554. The van der Waals surface area contributed by atoms with Gasteiger partial charge in [-0.05, 0) is 36.1 Å². The van der Waals surface area contributed by atoms with Crippen LogP contribution in [-0.2, 0) is 27.3 Å². The molecule has 118 valence electrons. The molecule has 0 spiro atoms. The van der Waals surface area contributed by atoms with Crippen LogP contribution in [0.15, 0.2) is 54.6 Å². The molecule has 0 fully saturated rings. The Kier molecular flexibility index (Phi) is 5.98. The first-order chi connectivity index (χ1) is 10.5. The summed E-state index contributed by atoms with van der Waals surface area (Å²) in [4.78, 5) is 0. The SMILES string of the molecule is CS(=O)(=O)OCCCc1ccc(OCc2ccccc2)cc1. The van der Waals surface area contributed by atoms with Gasteiger partial charge in [0.15, 0.2) is 0 Å². The molecule has 0 saturated heterocycles. The zero-order valence-electron chi connectivity index (χ0n) is 12.6. The summed E-state index contributed by atoms with van der Waals surface area (Å²) in [6.07, 6.45) is 2.50. The summed E-state index contributed by atoms with van der Waals surface area (Å²) in [6, 6.07) is 17.8. The van der Waals surface area contributed by atoms with Crippen LogP contribution in [0.25, 0.3) is 0 Å². The van der Waals surface area contributed by atoms with E-state index < -0.39 is 10.1 Å². The van der Waals surface area contributed by atoms with E-state index in [4.69, 9.17) is 8.92 Å². The lowest BCUT2D eigenvalue weighted by molar-refractivity contribution is 0.306. The molecule has 0 atom stereocenters. The second kappa shape index (κ2) is 7.96. The third-order valence-electron chi connectivity index (χ3n) is 3.08. The summed E-state index contributed by atoms with van der Waals surface area (Å²) in [5, 5.41) is 0. The first-order valence-corrected chi connectivity index (χ1v) is 8.95. The van der Waals surface area contributed by atoms with Crippen molar-refractivity contribution >= 4 is 10.1 Å². The molecule has 0 radical (unpaired) electrons. The van der Waals surface area contributed by atoms with Crippen molar-refractivity contribution in [2.45, 2.75) is 19.4 Å². The first-order valence-electron chi connectivity index (χ1n) is 7.13. The standard InChI is InChI=1S/C17H20O4S/c1-22(18,19)21-13-5-8-15-9-11-17(12-10-15)20-14-16-6-3-2-4-7-16/h2-4,6-7,9-12H,5,8,13-14H2,1H3. The van der Waals surface area contributed by atoms with Gasteiger partial charge in [-0.2, -0.15) is 8.42 Å². The van der Waals surface area contributed by atoms with Gasteiger partial charge in [0.1, 0.15) is 12.4 Å². The van der Waals surface area contributed by atoms with Crippen LogP contribution in [0.3, 0.4) is 0 Å². The van der Waals surface area contributed by atoms with Gasteiger partial charge in [-0.1, -0.05) is 42.5 Å². The Balaban J connectivity index is 1.75. The highest BCUT2D eigenvalue weighted by atomic mass is 32.2. The van der Waals surface area contributed by atoms with Crippen LogP contribution in [0.4, 0.5) is 0 Å². The van der Waals surface area contributed by atoms with E-state index in [0.29, 0.717) is 13.0 Å². The lowest BCUT2D eigenvalue weighted by Crippen LogP contribution is -2.04. The van der Waals surface area contributed by atoms with Crippen LogP contribution < -0.4 is 4.74 Å². The lowest BCUT2D eigenvalue weighted by atomic mass is 10.1. The monoisotopic (exact) mass is 320 g/mol. The maximum absolute atomic E-state index is 10.8. The topological polar surface area (TPSA) is 52.6 Å². The summed E-state index contributed by atoms with van der Waals surface area (Å²) >= 11 is 0. The van der Waals surface area contributed by atoms with Crippen molar-refractivity contribution in [3.05, 3.63) is 65.7 Å². The number of rotatable bonds is 8. The van der Waals surface area contributed by atoms with E-state index in [2.05, 4.69) is 0 Å². The molecule has 0 heterocycles. The van der Waals surface area contributed by atoms with Crippen molar-refractivity contribution in [3.63, 3.8) is 0 Å². The lowest BCUT2D eigenvalue weighted by Gasteiger charge is -2.07. The maximum atomic E-state index is 10.8. The average molecular weight is 320 g/mol. The molecule has 22 heavy (non-hydrogen) atoms. The summed E-state index contributed by atoms with van der Waals surface area (Å²) in [5.74, 6) is 0.819. The minimum Gasteiger partial charge on any atom is -0.489 e. The fraction of sp³-hybridized carbons (Fsp3) is 0.294. The van der Waals surface area contributed by atoms with Gasteiger partial charge in [0.25, 0.3) is 10.1 Å². The van der Waals surface area contributed by atoms with E-state index in [1.165, 1.54) is 0 Å². The molecule has 2 aromatic carbocycles. The van der Waals surface area contributed by atoms with Gasteiger partial charge >= 0.3 is 0 Å². The van der Waals surface area contributed by atoms with Crippen LogP contribution >= 0.6 is 0 Å². The van der Waals surface area contributed by atoms with E-state index in [-0.39, 0.29) is 6.61 Å². The van der Waals surface area contributed by atoms with Crippen molar-refractivity contribution < 1.29 is 17.3 Å². The van der Waals surface area contributed by atoms with Crippen LogP contribution in [0.1, 0.15) is 17.5 Å². The van der Waals surface area contributed by atoms with E-state index >= 15 is 0 Å². The Bertz CT molecular complexity index is 664. The van der Waals surface area contributed by atoms with Gasteiger partial charge in [-0.15, -0.1) is 0 Å². The largest absolute Gasteiger partial charge is 0.489 e. The summed E-state index contributed by atoms with van der Waals surface area (Å²) < 4.78 is 32.1. The van der Waals surface area contributed by atoms with Crippen LogP contribution in [0, 0.1) is 0 Å². The molecular weight excluding hydrogens is 300 g/mol. The predicted octanol–water partition coefficient (Wildman–Crippen LogP) is 3.17. The molecule has 2 rings (SSSR count). The Morgan fingerprint density at radius 3 is 2.23 bits per heavy atom. The molecule has 0 aliphatic heterocycles. The maximum Gasteiger partial charge on any atom is 0.264 e. The fourth-order valence-corrected chi connectivity index (χ4v) is 2.40. The zero-order chi connectivity index (χ0) is 15.8. The Labute approximate surface area is 131 Å². The molecule has 0 aromatic heterocycles.